The molecule has 0 atom stereocenters. The summed E-state index contributed by atoms with van der Waals surface area (Å²) in [6, 6.07) is 18.9. The van der Waals surface area contributed by atoms with Crippen LogP contribution in [0.3, 0.4) is 0 Å². The number of fused-ring (bicyclic) bond motifs is 3. The van der Waals surface area contributed by atoms with Crippen molar-refractivity contribution in [2.45, 2.75) is 6.42 Å². The molecule has 2 aromatic heterocycles. The third-order valence-corrected chi connectivity index (χ3v) is 3.83. The lowest BCUT2D eigenvalue weighted by Gasteiger charge is -2.08. The predicted octanol–water partition coefficient (Wildman–Crippen LogP) is 4.37. The maximum atomic E-state index is 4.52. The smallest absolute Gasteiger partial charge is 0.0795 e. The van der Waals surface area contributed by atoms with E-state index in [1.807, 2.05) is 30.7 Å². The summed E-state index contributed by atoms with van der Waals surface area (Å²) in [6.07, 6.45) is 6.61. The molecule has 100 valence electrons. The highest BCUT2D eigenvalue weighted by molar-refractivity contribution is 6.05. The Labute approximate surface area is 123 Å². The summed E-state index contributed by atoms with van der Waals surface area (Å²) in [6.45, 7) is 0. The van der Waals surface area contributed by atoms with Gasteiger partial charge in [-0.1, -0.05) is 48.5 Å². The van der Waals surface area contributed by atoms with Crippen LogP contribution in [0.5, 0.6) is 0 Å². The zero-order valence-corrected chi connectivity index (χ0v) is 11.5. The van der Waals surface area contributed by atoms with Crippen molar-refractivity contribution in [3.8, 4) is 0 Å². The largest absolute Gasteiger partial charge is 0.264 e. The first-order valence-corrected chi connectivity index (χ1v) is 7.06. The molecule has 0 spiro atoms. The van der Waals surface area contributed by atoms with Crippen LogP contribution in [0, 0.1) is 0 Å². The Morgan fingerprint density at radius 3 is 2.57 bits per heavy atom. The van der Waals surface area contributed by atoms with Gasteiger partial charge in [-0.3, -0.25) is 9.97 Å². The molecule has 0 saturated carbocycles. The fourth-order valence-corrected chi connectivity index (χ4v) is 2.81. The van der Waals surface area contributed by atoms with Crippen molar-refractivity contribution in [1.29, 1.82) is 0 Å². The molecule has 0 bridgehead atoms. The van der Waals surface area contributed by atoms with Gasteiger partial charge in [0.25, 0.3) is 0 Å². The quantitative estimate of drug-likeness (QED) is 0.505. The molecule has 21 heavy (non-hydrogen) atoms. The number of benzene rings is 2. The van der Waals surface area contributed by atoms with Crippen LogP contribution in [-0.2, 0) is 6.42 Å². The summed E-state index contributed by atoms with van der Waals surface area (Å²) in [4.78, 5) is 8.94. The maximum Gasteiger partial charge on any atom is 0.0795 e. The van der Waals surface area contributed by atoms with Gasteiger partial charge in [0.1, 0.15) is 0 Å². The number of nitrogens with zero attached hydrogens (tertiary/aromatic N) is 2. The second-order valence-corrected chi connectivity index (χ2v) is 5.20. The molecule has 0 aliphatic heterocycles. The first-order chi connectivity index (χ1) is 10.4. The number of hydrogen-bond acceptors (Lipinski definition) is 2. The van der Waals surface area contributed by atoms with Gasteiger partial charge in [0.2, 0.25) is 0 Å². The Morgan fingerprint density at radius 1 is 0.762 bits per heavy atom. The molecule has 0 saturated heterocycles. The Bertz CT molecular complexity index is 914. The van der Waals surface area contributed by atoms with Gasteiger partial charge >= 0.3 is 0 Å². The van der Waals surface area contributed by atoms with Crippen LogP contribution in [0.1, 0.15) is 11.1 Å². The molecule has 2 nitrogen and oxygen atoms in total. The molecule has 2 heteroatoms. The molecule has 0 N–H and O–H groups in total. The molecule has 0 aliphatic rings. The van der Waals surface area contributed by atoms with Crippen molar-refractivity contribution in [3.05, 3.63) is 84.3 Å². The second-order valence-electron chi connectivity index (χ2n) is 5.20. The standard InChI is InChI=1S/C19H14N2/c1-2-5-14(6-3-1)11-16-12-20-13-18-17(16)9-8-15-7-4-10-21-19(15)18/h1-10,12-13H,11H2. The maximum absolute atomic E-state index is 4.52. The molecule has 0 radical (unpaired) electrons. The van der Waals surface area contributed by atoms with Crippen LogP contribution in [0.25, 0.3) is 21.7 Å². The van der Waals surface area contributed by atoms with Crippen LogP contribution < -0.4 is 0 Å². The average Bonchev–Trinajstić information content (AvgIpc) is 2.56. The van der Waals surface area contributed by atoms with Gasteiger partial charge in [-0.25, -0.2) is 0 Å². The molecule has 2 aromatic carbocycles. The van der Waals surface area contributed by atoms with E-state index in [1.165, 1.54) is 16.5 Å². The molecule has 4 rings (SSSR count). The molecule has 0 amide bonds. The van der Waals surface area contributed by atoms with Crippen LogP contribution in [0.4, 0.5) is 0 Å². The fourth-order valence-electron chi connectivity index (χ4n) is 2.81. The number of hydrogen-bond donors (Lipinski definition) is 0. The lowest BCUT2D eigenvalue weighted by molar-refractivity contribution is 1.17. The van der Waals surface area contributed by atoms with E-state index in [-0.39, 0.29) is 0 Å². The SMILES string of the molecule is c1ccc(Cc2cncc3c2ccc2cccnc23)cc1. The van der Waals surface area contributed by atoms with E-state index in [9.17, 15) is 0 Å². The van der Waals surface area contributed by atoms with E-state index < -0.39 is 0 Å². The van der Waals surface area contributed by atoms with Gasteiger partial charge in [0, 0.05) is 29.4 Å². The van der Waals surface area contributed by atoms with Crippen molar-refractivity contribution in [3.63, 3.8) is 0 Å². The lowest BCUT2D eigenvalue weighted by atomic mass is 9.99. The highest BCUT2D eigenvalue weighted by Gasteiger charge is 2.06. The summed E-state index contributed by atoms with van der Waals surface area (Å²) in [5.41, 5.74) is 3.57. The Hall–Kier alpha value is -2.74. The Morgan fingerprint density at radius 2 is 1.67 bits per heavy atom. The van der Waals surface area contributed by atoms with E-state index in [1.54, 1.807) is 0 Å². The van der Waals surface area contributed by atoms with Crippen molar-refractivity contribution in [2.75, 3.05) is 0 Å². The summed E-state index contributed by atoms with van der Waals surface area (Å²) in [7, 11) is 0. The zero-order valence-electron chi connectivity index (χ0n) is 11.5. The number of aromatic nitrogens is 2. The zero-order chi connectivity index (χ0) is 14.1. The van der Waals surface area contributed by atoms with Crippen LogP contribution in [0.15, 0.2) is 73.2 Å². The molecule has 0 unspecified atom stereocenters. The summed E-state index contributed by atoms with van der Waals surface area (Å²) in [5, 5.41) is 3.52. The summed E-state index contributed by atoms with van der Waals surface area (Å²) < 4.78 is 0. The number of rotatable bonds is 2. The van der Waals surface area contributed by atoms with Gasteiger partial charge in [-0.05, 0) is 29.0 Å². The second kappa shape index (κ2) is 4.98. The van der Waals surface area contributed by atoms with Gasteiger partial charge in [-0.15, -0.1) is 0 Å². The fraction of sp³-hybridized carbons (Fsp3) is 0.0526. The van der Waals surface area contributed by atoms with Gasteiger partial charge in [-0.2, -0.15) is 0 Å². The summed E-state index contributed by atoms with van der Waals surface area (Å²) in [5.74, 6) is 0. The van der Waals surface area contributed by atoms with E-state index in [4.69, 9.17) is 0 Å². The minimum atomic E-state index is 0.892. The highest BCUT2D eigenvalue weighted by atomic mass is 14.7. The predicted molar refractivity (Wildman–Crippen MR) is 86.3 cm³/mol. The molecular formula is C19H14N2. The van der Waals surface area contributed by atoms with Crippen molar-refractivity contribution in [2.24, 2.45) is 0 Å². The minimum absolute atomic E-state index is 0.892. The van der Waals surface area contributed by atoms with E-state index >= 15 is 0 Å². The van der Waals surface area contributed by atoms with Crippen LogP contribution >= 0.6 is 0 Å². The topological polar surface area (TPSA) is 25.8 Å². The van der Waals surface area contributed by atoms with Crippen molar-refractivity contribution in [1.82, 2.24) is 9.97 Å². The highest BCUT2D eigenvalue weighted by Crippen LogP contribution is 2.26. The third kappa shape index (κ3) is 2.15. The Kier molecular flexibility index (Phi) is 2.86. The average molecular weight is 270 g/mol. The van der Waals surface area contributed by atoms with E-state index in [0.29, 0.717) is 0 Å². The van der Waals surface area contributed by atoms with Crippen molar-refractivity contribution >= 4 is 21.7 Å². The van der Waals surface area contributed by atoms with Gasteiger partial charge in [0.15, 0.2) is 0 Å². The monoisotopic (exact) mass is 270 g/mol. The molecule has 2 heterocycles. The van der Waals surface area contributed by atoms with Crippen LogP contribution in [-0.4, -0.2) is 9.97 Å². The van der Waals surface area contributed by atoms with E-state index in [0.717, 1.165) is 22.7 Å². The molecule has 0 aliphatic carbocycles. The molecule has 4 aromatic rings. The first kappa shape index (κ1) is 12.0. The first-order valence-electron chi connectivity index (χ1n) is 7.06. The lowest BCUT2D eigenvalue weighted by Crippen LogP contribution is -1.92. The normalized spacial score (nSPS) is 11.0. The molecular weight excluding hydrogens is 256 g/mol. The number of pyridine rings is 2. The summed E-state index contributed by atoms with van der Waals surface area (Å²) >= 11 is 0. The van der Waals surface area contributed by atoms with Crippen molar-refractivity contribution < 1.29 is 0 Å². The van der Waals surface area contributed by atoms with Gasteiger partial charge < -0.3 is 0 Å². The Balaban J connectivity index is 1.92. The minimum Gasteiger partial charge on any atom is -0.264 e. The van der Waals surface area contributed by atoms with Crippen LogP contribution in [0.2, 0.25) is 0 Å². The van der Waals surface area contributed by atoms with E-state index in [2.05, 4.69) is 52.4 Å². The van der Waals surface area contributed by atoms with Gasteiger partial charge in [0.05, 0.1) is 5.52 Å². The molecule has 0 fully saturated rings. The third-order valence-electron chi connectivity index (χ3n) is 3.83.